The summed E-state index contributed by atoms with van der Waals surface area (Å²) in [4.78, 5) is 21.3. The lowest BCUT2D eigenvalue weighted by atomic mass is 10.1. The van der Waals surface area contributed by atoms with Gasteiger partial charge in [0.1, 0.15) is 11.9 Å². The summed E-state index contributed by atoms with van der Waals surface area (Å²) < 4.78 is -0.517. The number of aromatic nitrogens is 2. The van der Waals surface area contributed by atoms with E-state index in [1.54, 1.807) is 31.6 Å². The third kappa shape index (κ3) is 3.34. The Labute approximate surface area is 134 Å². The Hall–Kier alpha value is -2.19. The lowest BCUT2D eigenvalue weighted by Gasteiger charge is -2.22. The molecule has 0 unspecified atom stereocenters. The van der Waals surface area contributed by atoms with Crippen LogP contribution in [0.3, 0.4) is 0 Å². The van der Waals surface area contributed by atoms with Gasteiger partial charge in [-0.15, -0.1) is 11.8 Å². The van der Waals surface area contributed by atoms with Gasteiger partial charge in [-0.2, -0.15) is 5.26 Å². The van der Waals surface area contributed by atoms with E-state index in [9.17, 15) is 4.79 Å². The zero-order valence-electron chi connectivity index (χ0n) is 13.0. The lowest BCUT2D eigenvalue weighted by molar-refractivity contribution is -0.118. The van der Waals surface area contributed by atoms with Gasteiger partial charge in [0.05, 0.1) is 16.0 Å². The maximum absolute atomic E-state index is 11.8. The Morgan fingerprint density at radius 2 is 2.09 bits per heavy atom. The molecule has 0 bridgehead atoms. The van der Waals surface area contributed by atoms with Crippen LogP contribution in [0, 0.1) is 18.3 Å². The van der Waals surface area contributed by atoms with E-state index in [0.717, 1.165) is 21.7 Å². The van der Waals surface area contributed by atoms with Gasteiger partial charge >= 0.3 is 0 Å². The third-order valence-corrected chi connectivity index (χ3v) is 4.83. The molecule has 2 rings (SSSR count). The lowest BCUT2D eigenvalue weighted by Crippen LogP contribution is -2.24. The highest BCUT2D eigenvalue weighted by molar-refractivity contribution is 8.01. The highest BCUT2D eigenvalue weighted by Gasteiger charge is 2.26. The predicted octanol–water partition coefficient (Wildman–Crippen LogP) is 3.78. The number of Topliss-reactive ketones (excluding diaryl/α,β-unsaturated/α-hetero) is 1. The molecule has 0 atom stereocenters. The van der Waals surface area contributed by atoms with E-state index in [1.165, 1.54) is 11.8 Å². The van der Waals surface area contributed by atoms with Crippen LogP contribution in [0.5, 0.6) is 0 Å². The minimum Gasteiger partial charge on any atom is -0.298 e. The van der Waals surface area contributed by atoms with Crippen LogP contribution in [0.2, 0.25) is 0 Å². The summed E-state index contributed by atoms with van der Waals surface area (Å²) >= 11 is 1.50. The molecule has 2 aromatic rings. The number of nitrogens with zero attached hydrogens (tertiary/aromatic N) is 3. The molecule has 0 aliphatic rings. The molecule has 2 heterocycles. The minimum atomic E-state index is -0.517. The van der Waals surface area contributed by atoms with E-state index in [-0.39, 0.29) is 5.78 Å². The number of hydrogen-bond acceptors (Lipinski definition) is 5. The first-order valence-electron chi connectivity index (χ1n) is 6.86. The molecule has 5 heteroatoms. The van der Waals surface area contributed by atoms with Crippen LogP contribution < -0.4 is 0 Å². The van der Waals surface area contributed by atoms with E-state index in [1.807, 2.05) is 26.8 Å². The summed E-state index contributed by atoms with van der Waals surface area (Å²) in [6.07, 6.45) is 5.01. The van der Waals surface area contributed by atoms with Gasteiger partial charge in [0, 0.05) is 29.0 Å². The highest BCUT2D eigenvalue weighted by Crippen LogP contribution is 2.39. The number of hydrogen-bond donors (Lipinski definition) is 0. The molecule has 4 nitrogen and oxygen atoms in total. The van der Waals surface area contributed by atoms with Crippen LogP contribution in [0.25, 0.3) is 11.3 Å². The van der Waals surface area contributed by atoms with Gasteiger partial charge in [0.25, 0.3) is 0 Å². The van der Waals surface area contributed by atoms with Crippen LogP contribution >= 0.6 is 11.8 Å². The molecular weight excluding hydrogens is 294 g/mol. The van der Waals surface area contributed by atoms with Crippen molar-refractivity contribution in [2.75, 3.05) is 0 Å². The summed E-state index contributed by atoms with van der Waals surface area (Å²) in [7, 11) is 0. The van der Waals surface area contributed by atoms with Crippen molar-refractivity contribution in [3.05, 3.63) is 41.9 Å². The van der Waals surface area contributed by atoms with Crippen LogP contribution in [0.15, 0.2) is 35.6 Å². The first-order chi connectivity index (χ1) is 10.3. The van der Waals surface area contributed by atoms with E-state index in [2.05, 4.69) is 16.0 Å². The molecule has 0 fully saturated rings. The first kappa shape index (κ1) is 16.2. The average molecular weight is 311 g/mol. The Morgan fingerprint density at radius 3 is 2.68 bits per heavy atom. The van der Waals surface area contributed by atoms with Gasteiger partial charge in [-0.25, -0.2) is 0 Å². The summed E-state index contributed by atoms with van der Waals surface area (Å²) in [5.41, 5.74) is 3.11. The Kier molecular flexibility index (Phi) is 4.62. The van der Waals surface area contributed by atoms with Crippen LogP contribution in [-0.4, -0.2) is 20.5 Å². The number of thioether (sulfide) groups is 1. The molecule has 0 aromatic carbocycles. The van der Waals surface area contributed by atoms with Crippen LogP contribution in [0.1, 0.15) is 31.9 Å². The molecule has 0 radical (unpaired) electrons. The second kappa shape index (κ2) is 6.29. The topological polar surface area (TPSA) is 66.6 Å². The van der Waals surface area contributed by atoms with E-state index in [4.69, 9.17) is 5.26 Å². The maximum Gasteiger partial charge on any atom is 0.145 e. The summed E-state index contributed by atoms with van der Waals surface area (Å²) in [5, 5.41) is 8.95. The summed E-state index contributed by atoms with van der Waals surface area (Å²) in [5.74, 6) is 0.116. The second-order valence-corrected chi connectivity index (χ2v) is 7.21. The normalized spacial score (nSPS) is 11.0. The van der Waals surface area contributed by atoms with Gasteiger partial charge in [-0.3, -0.25) is 14.8 Å². The standard InChI is InChI=1S/C17H17N3OS/c1-11-7-13(8-18)9-20-16(11)14-10-19-6-5-15(14)22-17(3,4)12(2)21/h5-7,9-10H,1-4H3. The maximum atomic E-state index is 11.8. The fraction of sp³-hybridized carbons (Fsp3) is 0.294. The van der Waals surface area contributed by atoms with Gasteiger partial charge in [0.2, 0.25) is 0 Å². The zero-order chi connectivity index (χ0) is 16.3. The quantitative estimate of drug-likeness (QED) is 0.804. The minimum absolute atomic E-state index is 0.116. The largest absolute Gasteiger partial charge is 0.298 e. The fourth-order valence-electron chi connectivity index (χ4n) is 1.91. The molecule has 0 N–H and O–H groups in total. The molecule has 0 saturated carbocycles. The van der Waals surface area contributed by atoms with Crippen molar-refractivity contribution < 1.29 is 4.79 Å². The number of rotatable bonds is 4. The molecule has 0 aliphatic carbocycles. The molecule has 0 amide bonds. The van der Waals surface area contributed by atoms with Crippen molar-refractivity contribution in [2.45, 2.75) is 37.3 Å². The second-order valence-electron chi connectivity index (χ2n) is 5.54. The Balaban J connectivity index is 2.50. The molecule has 0 aliphatic heterocycles. The molecule has 0 spiro atoms. The monoisotopic (exact) mass is 311 g/mol. The van der Waals surface area contributed by atoms with Crippen molar-refractivity contribution in [3.8, 4) is 17.3 Å². The first-order valence-corrected chi connectivity index (χ1v) is 7.68. The van der Waals surface area contributed by atoms with E-state index in [0.29, 0.717) is 5.56 Å². The zero-order valence-corrected chi connectivity index (χ0v) is 13.9. The van der Waals surface area contributed by atoms with Gasteiger partial charge in [-0.1, -0.05) is 0 Å². The van der Waals surface area contributed by atoms with Gasteiger partial charge in [0.15, 0.2) is 0 Å². The van der Waals surface area contributed by atoms with Crippen LogP contribution in [0.4, 0.5) is 0 Å². The van der Waals surface area contributed by atoms with Crippen molar-refractivity contribution in [2.24, 2.45) is 0 Å². The number of carbonyl (C=O) groups excluding carboxylic acids is 1. The Bertz CT molecular complexity index is 763. The van der Waals surface area contributed by atoms with Crippen molar-refractivity contribution in [3.63, 3.8) is 0 Å². The highest BCUT2D eigenvalue weighted by atomic mass is 32.2. The molecule has 112 valence electrons. The van der Waals surface area contributed by atoms with Gasteiger partial charge < -0.3 is 0 Å². The number of carbonyl (C=O) groups is 1. The summed E-state index contributed by atoms with van der Waals surface area (Å²) in [6.45, 7) is 7.33. The third-order valence-electron chi connectivity index (χ3n) is 3.46. The fourth-order valence-corrected chi connectivity index (χ4v) is 2.99. The number of aryl methyl sites for hydroxylation is 1. The Morgan fingerprint density at radius 1 is 1.36 bits per heavy atom. The van der Waals surface area contributed by atoms with Crippen molar-refractivity contribution in [1.29, 1.82) is 5.26 Å². The molecular formula is C17H17N3OS. The predicted molar refractivity (Wildman–Crippen MR) is 87.5 cm³/mol. The van der Waals surface area contributed by atoms with Crippen molar-refractivity contribution in [1.82, 2.24) is 9.97 Å². The molecule has 22 heavy (non-hydrogen) atoms. The number of pyridine rings is 2. The number of nitriles is 1. The summed E-state index contributed by atoms with van der Waals surface area (Å²) in [6, 6.07) is 5.78. The molecule has 2 aromatic heterocycles. The molecule has 0 saturated heterocycles. The van der Waals surface area contributed by atoms with Crippen LogP contribution in [-0.2, 0) is 4.79 Å². The smallest absolute Gasteiger partial charge is 0.145 e. The van der Waals surface area contributed by atoms with E-state index < -0.39 is 4.75 Å². The average Bonchev–Trinajstić information content (AvgIpc) is 2.47. The number of ketones is 1. The van der Waals surface area contributed by atoms with E-state index >= 15 is 0 Å². The van der Waals surface area contributed by atoms with Gasteiger partial charge in [-0.05, 0) is 45.4 Å². The van der Waals surface area contributed by atoms with Crippen molar-refractivity contribution >= 4 is 17.5 Å². The SMILES string of the molecule is CC(=O)C(C)(C)Sc1ccncc1-c1ncc(C#N)cc1C.